The van der Waals surface area contributed by atoms with Crippen molar-refractivity contribution in [3.05, 3.63) is 29.8 Å². The zero-order valence-electron chi connectivity index (χ0n) is 7.68. The number of hydrogen-bond donors (Lipinski definition) is 3. The van der Waals surface area contributed by atoms with Crippen molar-refractivity contribution in [2.24, 2.45) is 10.8 Å². The first-order valence-electron chi connectivity index (χ1n) is 4.02. The number of para-hydroxylation sites is 1. The van der Waals surface area contributed by atoms with Crippen molar-refractivity contribution in [1.29, 1.82) is 0 Å². The lowest BCUT2D eigenvalue weighted by Crippen LogP contribution is -2.32. The molecule has 0 radical (unpaired) electrons. The summed E-state index contributed by atoms with van der Waals surface area (Å²) >= 11 is 0. The highest BCUT2D eigenvalue weighted by atomic mass is 16.3. The quantitative estimate of drug-likeness (QED) is 0.340. The molecule has 2 amide bonds. The lowest BCUT2D eigenvalue weighted by atomic mass is 10.2. The second-order valence-corrected chi connectivity index (χ2v) is 2.62. The molecule has 15 heavy (non-hydrogen) atoms. The number of primary amides is 1. The largest absolute Gasteiger partial charge is 0.507 e. The Morgan fingerprint density at radius 2 is 2.07 bits per heavy atom. The van der Waals surface area contributed by atoms with Crippen LogP contribution in [0.3, 0.4) is 0 Å². The molecule has 0 aliphatic heterocycles. The summed E-state index contributed by atoms with van der Waals surface area (Å²) in [7, 11) is 0. The number of hydrogen-bond acceptors (Lipinski definition) is 4. The van der Waals surface area contributed by atoms with E-state index < -0.39 is 11.8 Å². The van der Waals surface area contributed by atoms with Gasteiger partial charge in [0.1, 0.15) is 5.75 Å². The molecule has 0 heterocycles. The molecule has 6 nitrogen and oxygen atoms in total. The molecular formula is C9H9N3O3. The van der Waals surface area contributed by atoms with Crippen LogP contribution < -0.4 is 11.2 Å². The fraction of sp³-hybridized carbons (Fsp3) is 0. The van der Waals surface area contributed by atoms with E-state index in [1.807, 2.05) is 5.43 Å². The lowest BCUT2D eigenvalue weighted by molar-refractivity contribution is -0.137. The highest BCUT2D eigenvalue weighted by molar-refractivity contribution is 6.34. The van der Waals surface area contributed by atoms with Crippen LogP contribution in [0.1, 0.15) is 5.56 Å². The number of nitrogens with one attached hydrogen (secondary N) is 1. The van der Waals surface area contributed by atoms with Gasteiger partial charge in [-0.25, -0.2) is 5.43 Å². The Balaban J connectivity index is 2.63. The normalized spacial score (nSPS) is 10.1. The number of carbonyl (C=O) groups excluding carboxylic acids is 2. The van der Waals surface area contributed by atoms with Crippen LogP contribution in [0.2, 0.25) is 0 Å². The number of amides is 2. The maximum Gasteiger partial charge on any atom is 0.329 e. The topological polar surface area (TPSA) is 105 Å². The summed E-state index contributed by atoms with van der Waals surface area (Å²) in [5.41, 5.74) is 6.99. The van der Waals surface area contributed by atoms with Crippen molar-refractivity contribution in [3.8, 4) is 5.75 Å². The highest BCUT2D eigenvalue weighted by Gasteiger charge is 2.05. The second kappa shape index (κ2) is 4.75. The third-order valence-electron chi connectivity index (χ3n) is 1.53. The predicted molar refractivity (Wildman–Crippen MR) is 53.0 cm³/mol. The van der Waals surface area contributed by atoms with Gasteiger partial charge in [-0.3, -0.25) is 9.59 Å². The van der Waals surface area contributed by atoms with Crippen LogP contribution in [-0.2, 0) is 9.59 Å². The van der Waals surface area contributed by atoms with E-state index in [2.05, 4.69) is 10.8 Å². The van der Waals surface area contributed by atoms with Gasteiger partial charge in [-0.1, -0.05) is 12.1 Å². The average molecular weight is 207 g/mol. The first kappa shape index (κ1) is 10.7. The van der Waals surface area contributed by atoms with E-state index in [-0.39, 0.29) is 5.75 Å². The molecule has 0 aliphatic rings. The number of hydrazone groups is 1. The molecule has 0 bridgehead atoms. The van der Waals surface area contributed by atoms with Gasteiger partial charge in [0, 0.05) is 5.56 Å². The fourth-order valence-electron chi connectivity index (χ4n) is 0.812. The Labute approximate surface area is 85.4 Å². The van der Waals surface area contributed by atoms with Crippen LogP contribution >= 0.6 is 0 Å². The van der Waals surface area contributed by atoms with Crippen molar-refractivity contribution >= 4 is 18.0 Å². The van der Waals surface area contributed by atoms with Crippen LogP contribution in [0.15, 0.2) is 29.4 Å². The van der Waals surface area contributed by atoms with Crippen molar-refractivity contribution in [3.63, 3.8) is 0 Å². The number of nitrogens with two attached hydrogens (primary N) is 1. The Hall–Kier alpha value is -2.37. The smallest absolute Gasteiger partial charge is 0.329 e. The second-order valence-electron chi connectivity index (χ2n) is 2.62. The summed E-state index contributed by atoms with van der Waals surface area (Å²) in [6, 6.07) is 6.40. The van der Waals surface area contributed by atoms with E-state index in [9.17, 15) is 14.7 Å². The highest BCUT2D eigenvalue weighted by Crippen LogP contribution is 2.12. The summed E-state index contributed by atoms with van der Waals surface area (Å²) in [6.07, 6.45) is 1.20. The maximum absolute atomic E-state index is 10.7. The SMILES string of the molecule is NC(=O)C(=O)N/N=C\c1ccccc1O. The molecule has 1 rings (SSSR count). The molecule has 0 saturated heterocycles. The van der Waals surface area contributed by atoms with E-state index in [4.69, 9.17) is 0 Å². The summed E-state index contributed by atoms with van der Waals surface area (Å²) in [4.78, 5) is 21.0. The molecule has 0 fully saturated rings. The van der Waals surface area contributed by atoms with E-state index in [1.54, 1.807) is 18.2 Å². The number of rotatable bonds is 2. The first-order valence-corrected chi connectivity index (χ1v) is 4.02. The Morgan fingerprint density at radius 3 is 2.67 bits per heavy atom. The Morgan fingerprint density at radius 1 is 1.40 bits per heavy atom. The summed E-state index contributed by atoms with van der Waals surface area (Å²) in [6.45, 7) is 0. The minimum absolute atomic E-state index is 0.0228. The third-order valence-corrected chi connectivity index (χ3v) is 1.53. The molecule has 6 heteroatoms. The van der Waals surface area contributed by atoms with Gasteiger partial charge in [0.25, 0.3) is 0 Å². The molecule has 1 aromatic carbocycles. The van der Waals surface area contributed by atoms with Gasteiger partial charge in [-0.05, 0) is 12.1 Å². The van der Waals surface area contributed by atoms with Gasteiger partial charge in [-0.15, -0.1) is 0 Å². The zero-order chi connectivity index (χ0) is 11.3. The van der Waals surface area contributed by atoms with Crippen molar-refractivity contribution in [1.82, 2.24) is 5.43 Å². The molecule has 1 aromatic rings. The number of carbonyl (C=O) groups is 2. The number of nitrogens with zero attached hydrogens (tertiary/aromatic N) is 1. The maximum atomic E-state index is 10.7. The number of aromatic hydroxyl groups is 1. The van der Waals surface area contributed by atoms with Crippen LogP contribution in [0.25, 0.3) is 0 Å². The van der Waals surface area contributed by atoms with E-state index in [1.165, 1.54) is 12.3 Å². The van der Waals surface area contributed by atoms with E-state index in [0.29, 0.717) is 5.56 Å². The average Bonchev–Trinajstić information content (AvgIpc) is 2.20. The van der Waals surface area contributed by atoms with Gasteiger partial charge in [0.05, 0.1) is 6.21 Å². The summed E-state index contributed by atoms with van der Waals surface area (Å²) < 4.78 is 0. The van der Waals surface area contributed by atoms with E-state index >= 15 is 0 Å². The van der Waals surface area contributed by atoms with Gasteiger partial charge in [0.2, 0.25) is 0 Å². The Kier molecular flexibility index (Phi) is 3.39. The zero-order valence-corrected chi connectivity index (χ0v) is 7.68. The van der Waals surface area contributed by atoms with Crippen molar-refractivity contribution < 1.29 is 14.7 Å². The third kappa shape index (κ3) is 3.11. The first-order chi connectivity index (χ1) is 7.11. The number of benzene rings is 1. The van der Waals surface area contributed by atoms with Gasteiger partial charge in [0.15, 0.2) is 0 Å². The number of phenols is 1. The fourth-order valence-corrected chi connectivity index (χ4v) is 0.812. The van der Waals surface area contributed by atoms with E-state index in [0.717, 1.165) is 0 Å². The molecule has 0 aromatic heterocycles. The molecule has 78 valence electrons. The van der Waals surface area contributed by atoms with Gasteiger partial charge >= 0.3 is 11.8 Å². The standard InChI is InChI=1S/C9H9N3O3/c10-8(14)9(15)12-11-5-6-3-1-2-4-7(6)13/h1-5,13H,(H2,10,14)(H,12,15)/b11-5-. The Bertz CT molecular complexity index is 415. The number of phenolic OH excluding ortho intramolecular Hbond substituents is 1. The molecule has 0 unspecified atom stereocenters. The van der Waals surface area contributed by atoms with Gasteiger partial charge < -0.3 is 10.8 Å². The van der Waals surface area contributed by atoms with Gasteiger partial charge in [-0.2, -0.15) is 5.10 Å². The monoisotopic (exact) mass is 207 g/mol. The lowest BCUT2D eigenvalue weighted by Gasteiger charge is -1.96. The minimum atomic E-state index is -1.12. The van der Waals surface area contributed by atoms with Crippen molar-refractivity contribution in [2.45, 2.75) is 0 Å². The van der Waals surface area contributed by atoms with Crippen LogP contribution in [0, 0.1) is 0 Å². The molecule has 0 aliphatic carbocycles. The molecule has 0 saturated carbocycles. The predicted octanol–water partition coefficient (Wildman–Crippen LogP) is -0.672. The molecule has 0 spiro atoms. The summed E-state index contributed by atoms with van der Waals surface area (Å²) in [5.74, 6) is -2.11. The molecule has 0 atom stereocenters. The van der Waals surface area contributed by atoms with Crippen LogP contribution in [0.4, 0.5) is 0 Å². The minimum Gasteiger partial charge on any atom is -0.507 e. The van der Waals surface area contributed by atoms with Crippen LogP contribution in [0.5, 0.6) is 5.75 Å². The van der Waals surface area contributed by atoms with Crippen molar-refractivity contribution in [2.75, 3.05) is 0 Å². The molecule has 4 N–H and O–H groups in total. The summed E-state index contributed by atoms with van der Waals surface area (Å²) in [5, 5.41) is 12.7. The van der Waals surface area contributed by atoms with Crippen LogP contribution in [-0.4, -0.2) is 23.1 Å². The molecular weight excluding hydrogens is 198 g/mol.